The number of hydrogen-bond donors (Lipinski definition) is 1. The molecule has 1 fully saturated rings. The normalized spacial score (nSPS) is 32.0. The smallest absolute Gasteiger partial charge is 0.407 e. The van der Waals surface area contributed by atoms with Crippen molar-refractivity contribution in [3.63, 3.8) is 0 Å². The van der Waals surface area contributed by atoms with E-state index in [0.717, 1.165) is 0 Å². The maximum absolute atomic E-state index is 11.5. The Labute approximate surface area is 75.8 Å². The van der Waals surface area contributed by atoms with Gasteiger partial charge in [0, 0.05) is 13.1 Å². The number of ketones is 1. The average molecular weight is 181 g/mol. The molecule has 1 atom stereocenters. The van der Waals surface area contributed by atoms with E-state index in [-0.39, 0.29) is 5.78 Å². The van der Waals surface area contributed by atoms with E-state index in [4.69, 9.17) is 5.11 Å². The van der Waals surface area contributed by atoms with E-state index in [9.17, 15) is 9.59 Å². The second-order valence-corrected chi connectivity index (χ2v) is 3.71. The number of nitrogens with zero attached hydrogens (tertiary/aromatic N) is 1. The van der Waals surface area contributed by atoms with Crippen LogP contribution < -0.4 is 0 Å². The Kier molecular flexibility index (Phi) is 1.65. The molecule has 1 saturated heterocycles. The lowest BCUT2D eigenvalue weighted by atomic mass is 9.84. The standard InChI is InChI=1S/C9H11NO3/c11-7-2-1-3-9(7)4-5-10(6-9)8(12)13/h1-2H,3-6H2,(H,12,13). The average Bonchev–Trinajstić information content (AvgIpc) is 2.63. The topological polar surface area (TPSA) is 57.6 Å². The largest absolute Gasteiger partial charge is 0.465 e. The van der Waals surface area contributed by atoms with Crippen molar-refractivity contribution in [2.45, 2.75) is 12.8 Å². The summed E-state index contributed by atoms with van der Waals surface area (Å²) in [7, 11) is 0. The third-order valence-electron chi connectivity index (χ3n) is 2.92. The monoisotopic (exact) mass is 181 g/mol. The number of carbonyl (C=O) groups excluding carboxylic acids is 1. The molecule has 1 aliphatic heterocycles. The Morgan fingerprint density at radius 3 is 2.85 bits per heavy atom. The van der Waals surface area contributed by atoms with Crippen LogP contribution in [0.15, 0.2) is 12.2 Å². The third kappa shape index (κ3) is 1.13. The highest BCUT2D eigenvalue weighted by molar-refractivity contribution is 5.98. The third-order valence-corrected chi connectivity index (χ3v) is 2.92. The van der Waals surface area contributed by atoms with E-state index < -0.39 is 11.5 Å². The van der Waals surface area contributed by atoms with Gasteiger partial charge in [0.25, 0.3) is 0 Å². The molecule has 1 spiro atoms. The van der Waals surface area contributed by atoms with Crippen LogP contribution in [0.5, 0.6) is 0 Å². The number of carbonyl (C=O) groups is 2. The molecule has 0 saturated carbocycles. The van der Waals surface area contributed by atoms with Gasteiger partial charge in [-0.05, 0) is 18.9 Å². The number of rotatable bonds is 0. The fourth-order valence-electron chi connectivity index (χ4n) is 2.07. The molecule has 0 radical (unpaired) electrons. The van der Waals surface area contributed by atoms with Crippen molar-refractivity contribution < 1.29 is 14.7 Å². The van der Waals surface area contributed by atoms with Gasteiger partial charge in [0.05, 0.1) is 5.41 Å². The lowest BCUT2D eigenvalue weighted by molar-refractivity contribution is -0.122. The Balaban J connectivity index is 2.13. The first-order valence-corrected chi connectivity index (χ1v) is 4.33. The predicted octanol–water partition coefficient (Wildman–Crippen LogP) is 0.885. The van der Waals surface area contributed by atoms with Crippen LogP contribution in [0.25, 0.3) is 0 Å². The van der Waals surface area contributed by atoms with Crippen molar-refractivity contribution >= 4 is 11.9 Å². The summed E-state index contributed by atoms with van der Waals surface area (Å²) < 4.78 is 0. The second-order valence-electron chi connectivity index (χ2n) is 3.71. The summed E-state index contributed by atoms with van der Waals surface area (Å²) in [5.41, 5.74) is -0.404. The minimum absolute atomic E-state index is 0.0938. The summed E-state index contributed by atoms with van der Waals surface area (Å²) >= 11 is 0. The lowest BCUT2D eigenvalue weighted by Gasteiger charge is -2.20. The highest BCUT2D eigenvalue weighted by Gasteiger charge is 2.45. The number of amides is 1. The van der Waals surface area contributed by atoms with Crippen LogP contribution in [0, 0.1) is 5.41 Å². The molecule has 13 heavy (non-hydrogen) atoms. The Morgan fingerprint density at radius 2 is 2.38 bits per heavy atom. The molecule has 0 aromatic heterocycles. The first-order valence-electron chi connectivity index (χ1n) is 4.33. The first kappa shape index (κ1) is 8.29. The molecule has 0 aromatic rings. The molecule has 70 valence electrons. The first-order chi connectivity index (χ1) is 6.14. The zero-order valence-corrected chi connectivity index (χ0v) is 7.19. The van der Waals surface area contributed by atoms with Gasteiger partial charge in [-0.3, -0.25) is 4.79 Å². The Morgan fingerprint density at radius 1 is 1.62 bits per heavy atom. The van der Waals surface area contributed by atoms with Gasteiger partial charge in [-0.25, -0.2) is 4.79 Å². The molecule has 1 aliphatic carbocycles. The van der Waals surface area contributed by atoms with Crippen molar-refractivity contribution in [3.8, 4) is 0 Å². The van der Waals surface area contributed by atoms with E-state index in [2.05, 4.69) is 0 Å². The second kappa shape index (κ2) is 2.58. The molecular formula is C9H11NO3. The predicted molar refractivity (Wildman–Crippen MR) is 45.4 cm³/mol. The van der Waals surface area contributed by atoms with Crippen molar-refractivity contribution in [3.05, 3.63) is 12.2 Å². The summed E-state index contributed by atoms with van der Waals surface area (Å²) in [5.74, 6) is 0.0938. The minimum Gasteiger partial charge on any atom is -0.465 e. The van der Waals surface area contributed by atoms with Crippen LogP contribution >= 0.6 is 0 Å². The fourth-order valence-corrected chi connectivity index (χ4v) is 2.07. The van der Waals surface area contributed by atoms with E-state index >= 15 is 0 Å². The Hall–Kier alpha value is -1.32. The van der Waals surface area contributed by atoms with Gasteiger partial charge in [0.2, 0.25) is 0 Å². The van der Waals surface area contributed by atoms with Gasteiger partial charge < -0.3 is 10.0 Å². The van der Waals surface area contributed by atoms with E-state index in [0.29, 0.717) is 25.9 Å². The molecule has 4 nitrogen and oxygen atoms in total. The summed E-state index contributed by atoms with van der Waals surface area (Å²) in [6.45, 7) is 0.858. The van der Waals surface area contributed by atoms with Gasteiger partial charge >= 0.3 is 6.09 Å². The van der Waals surface area contributed by atoms with Gasteiger partial charge in [-0.15, -0.1) is 0 Å². The highest BCUT2D eigenvalue weighted by atomic mass is 16.4. The van der Waals surface area contributed by atoms with E-state index in [1.54, 1.807) is 6.08 Å². The van der Waals surface area contributed by atoms with Crippen molar-refractivity contribution in [1.82, 2.24) is 4.90 Å². The summed E-state index contributed by atoms with van der Waals surface area (Å²) in [5, 5.41) is 8.74. The molecule has 4 heteroatoms. The SMILES string of the molecule is O=C(O)N1CCC2(CC=CC2=O)C1. The maximum atomic E-state index is 11.5. The maximum Gasteiger partial charge on any atom is 0.407 e. The van der Waals surface area contributed by atoms with Crippen LogP contribution in [-0.2, 0) is 4.79 Å². The Bertz CT molecular complexity index is 297. The van der Waals surface area contributed by atoms with Gasteiger partial charge in [0.15, 0.2) is 5.78 Å². The zero-order valence-electron chi connectivity index (χ0n) is 7.19. The van der Waals surface area contributed by atoms with Crippen LogP contribution in [-0.4, -0.2) is 35.0 Å². The van der Waals surface area contributed by atoms with E-state index in [1.807, 2.05) is 6.08 Å². The van der Waals surface area contributed by atoms with Crippen molar-refractivity contribution in [2.24, 2.45) is 5.41 Å². The van der Waals surface area contributed by atoms with Crippen LogP contribution in [0.3, 0.4) is 0 Å². The zero-order chi connectivity index (χ0) is 9.47. The van der Waals surface area contributed by atoms with Crippen LogP contribution in [0.4, 0.5) is 4.79 Å². The quantitative estimate of drug-likeness (QED) is 0.603. The van der Waals surface area contributed by atoms with Crippen LogP contribution in [0.2, 0.25) is 0 Å². The van der Waals surface area contributed by atoms with Crippen molar-refractivity contribution in [2.75, 3.05) is 13.1 Å². The number of carboxylic acid groups (broad SMARTS) is 1. The molecule has 2 rings (SSSR count). The number of hydrogen-bond acceptors (Lipinski definition) is 2. The molecular weight excluding hydrogens is 170 g/mol. The summed E-state index contributed by atoms with van der Waals surface area (Å²) in [6, 6.07) is 0. The lowest BCUT2D eigenvalue weighted by Crippen LogP contribution is -2.33. The molecule has 0 bridgehead atoms. The van der Waals surface area contributed by atoms with Gasteiger partial charge in [0.1, 0.15) is 0 Å². The molecule has 1 N–H and O–H groups in total. The molecule has 1 unspecified atom stereocenters. The molecule has 1 heterocycles. The highest BCUT2D eigenvalue weighted by Crippen LogP contribution is 2.39. The summed E-state index contributed by atoms with van der Waals surface area (Å²) in [6.07, 6.45) is 3.87. The van der Waals surface area contributed by atoms with E-state index in [1.165, 1.54) is 4.90 Å². The fraction of sp³-hybridized carbons (Fsp3) is 0.556. The van der Waals surface area contributed by atoms with Gasteiger partial charge in [-0.1, -0.05) is 6.08 Å². The minimum atomic E-state index is -0.920. The number of likely N-dealkylation sites (tertiary alicyclic amines) is 1. The van der Waals surface area contributed by atoms with Gasteiger partial charge in [-0.2, -0.15) is 0 Å². The number of allylic oxidation sites excluding steroid dienone is 2. The van der Waals surface area contributed by atoms with Crippen LogP contribution in [0.1, 0.15) is 12.8 Å². The molecule has 0 aromatic carbocycles. The van der Waals surface area contributed by atoms with Crippen molar-refractivity contribution in [1.29, 1.82) is 0 Å². The summed E-state index contributed by atoms with van der Waals surface area (Å²) in [4.78, 5) is 23.4. The molecule has 2 aliphatic rings. The molecule has 1 amide bonds.